The van der Waals surface area contributed by atoms with Crippen molar-refractivity contribution in [2.75, 3.05) is 6.61 Å². The van der Waals surface area contributed by atoms with Crippen LogP contribution in [-0.4, -0.2) is 27.2 Å². The van der Waals surface area contributed by atoms with Crippen LogP contribution in [0.25, 0.3) is 0 Å². The summed E-state index contributed by atoms with van der Waals surface area (Å²) in [5.41, 5.74) is 0.385. The summed E-state index contributed by atoms with van der Waals surface area (Å²) in [4.78, 5) is 14.7. The van der Waals surface area contributed by atoms with Gasteiger partial charge in [0, 0.05) is 6.21 Å². The Bertz CT molecular complexity index is 878. The van der Waals surface area contributed by atoms with Crippen LogP contribution in [0.1, 0.15) is 25.0 Å². The normalized spacial score (nSPS) is 14.0. The molecule has 1 unspecified atom stereocenters. The van der Waals surface area contributed by atoms with Crippen LogP contribution >= 0.6 is 0 Å². The first-order chi connectivity index (χ1) is 12.3. The molecule has 0 bridgehead atoms. The van der Waals surface area contributed by atoms with E-state index in [9.17, 15) is 13.2 Å². The molecule has 0 fully saturated rings. The van der Waals surface area contributed by atoms with Crippen LogP contribution in [0.15, 0.2) is 64.6 Å². The topological polar surface area (TPSA) is 84.8 Å². The molecule has 0 aliphatic heterocycles. The minimum Gasteiger partial charge on any atom is -0.465 e. The molecule has 6 nitrogen and oxygen atoms in total. The fourth-order valence-electron chi connectivity index (χ4n) is 2.31. The summed E-state index contributed by atoms with van der Waals surface area (Å²) in [5, 5.41) is 3.83. The van der Waals surface area contributed by atoms with Gasteiger partial charge in [0.25, 0.3) is 10.0 Å². The molecule has 0 aliphatic rings. The van der Waals surface area contributed by atoms with Crippen LogP contribution in [0.4, 0.5) is 0 Å². The van der Waals surface area contributed by atoms with Gasteiger partial charge in [-0.15, -0.1) is 0 Å². The molecule has 0 aromatic heterocycles. The van der Waals surface area contributed by atoms with E-state index in [1.807, 2.05) is 13.0 Å². The lowest BCUT2D eigenvalue weighted by atomic mass is 9.84. The van der Waals surface area contributed by atoms with Gasteiger partial charge in [-0.2, -0.15) is 13.5 Å². The zero-order chi connectivity index (χ0) is 19.2. The highest BCUT2D eigenvalue weighted by Gasteiger charge is 2.35. The fraction of sp³-hybridized carbons (Fsp3) is 0.263. The van der Waals surface area contributed by atoms with E-state index >= 15 is 0 Å². The standard InChI is InChI=1S/C19H22N2O4S/c1-4-25-18(22)19(3,16-8-6-5-7-9-16)14-20-21-26(23,24)17-12-10-15(2)11-13-17/h5-14,21H,4H2,1-3H3/b20-14+. The minimum atomic E-state index is -3.82. The molecule has 0 radical (unpaired) electrons. The molecule has 7 heteroatoms. The van der Waals surface area contributed by atoms with Crippen LogP contribution in [0.3, 0.4) is 0 Å². The summed E-state index contributed by atoms with van der Waals surface area (Å²) in [5.74, 6) is -0.510. The molecule has 0 heterocycles. The molecule has 2 rings (SSSR count). The monoisotopic (exact) mass is 374 g/mol. The summed E-state index contributed by atoms with van der Waals surface area (Å²) in [6.45, 7) is 5.42. The van der Waals surface area contributed by atoms with E-state index in [0.29, 0.717) is 5.56 Å². The van der Waals surface area contributed by atoms with Crippen molar-refractivity contribution in [2.45, 2.75) is 31.1 Å². The lowest BCUT2D eigenvalue weighted by Crippen LogP contribution is -2.37. The van der Waals surface area contributed by atoms with Crippen molar-refractivity contribution in [1.29, 1.82) is 0 Å². The Morgan fingerprint density at radius 2 is 1.77 bits per heavy atom. The number of nitrogens with zero attached hydrogens (tertiary/aromatic N) is 1. The number of hydrazone groups is 1. The molecule has 138 valence electrons. The van der Waals surface area contributed by atoms with Crippen LogP contribution in [0.5, 0.6) is 0 Å². The average Bonchev–Trinajstić information content (AvgIpc) is 2.62. The number of nitrogens with one attached hydrogen (secondary N) is 1. The highest BCUT2D eigenvalue weighted by atomic mass is 32.2. The Morgan fingerprint density at radius 1 is 1.15 bits per heavy atom. The largest absolute Gasteiger partial charge is 0.465 e. The Kier molecular flexibility index (Phi) is 6.15. The van der Waals surface area contributed by atoms with Crippen molar-refractivity contribution in [2.24, 2.45) is 5.10 Å². The summed E-state index contributed by atoms with van der Waals surface area (Å²) < 4.78 is 29.8. The molecule has 1 N–H and O–H groups in total. The summed E-state index contributed by atoms with van der Waals surface area (Å²) in [7, 11) is -3.82. The third kappa shape index (κ3) is 4.49. The van der Waals surface area contributed by atoms with Crippen molar-refractivity contribution < 1.29 is 17.9 Å². The highest BCUT2D eigenvalue weighted by Crippen LogP contribution is 2.23. The molecule has 0 aliphatic carbocycles. The molecule has 2 aromatic carbocycles. The van der Waals surface area contributed by atoms with Crippen molar-refractivity contribution in [3.63, 3.8) is 0 Å². The van der Waals surface area contributed by atoms with E-state index in [1.54, 1.807) is 50.2 Å². The maximum Gasteiger partial charge on any atom is 0.321 e. The van der Waals surface area contributed by atoms with Crippen molar-refractivity contribution in [3.05, 3.63) is 65.7 Å². The number of benzene rings is 2. The summed E-state index contributed by atoms with van der Waals surface area (Å²) in [6.07, 6.45) is 1.26. The van der Waals surface area contributed by atoms with Gasteiger partial charge in [-0.3, -0.25) is 4.79 Å². The van der Waals surface area contributed by atoms with Gasteiger partial charge in [-0.1, -0.05) is 48.0 Å². The number of hydrogen-bond donors (Lipinski definition) is 1. The summed E-state index contributed by atoms with van der Waals surface area (Å²) in [6, 6.07) is 15.3. The lowest BCUT2D eigenvalue weighted by Gasteiger charge is -2.23. The first-order valence-corrected chi connectivity index (χ1v) is 9.63. The lowest BCUT2D eigenvalue weighted by molar-refractivity contribution is -0.146. The quantitative estimate of drug-likeness (QED) is 0.459. The van der Waals surface area contributed by atoms with Gasteiger partial charge >= 0.3 is 5.97 Å². The highest BCUT2D eigenvalue weighted by molar-refractivity contribution is 7.89. The molecular weight excluding hydrogens is 352 g/mol. The van der Waals surface area contributed by atoms with Gasteiger partial charge in [0.05, 0.1) is 11.5 Å². The average molecular weight is 374 g/mol. The number of rotatable bonds is 7. The molecular formula is C19H22N2O4S. The van der Waals surface area contributed by atoms with E-state index in [1.165, 1.54) is 18.3 Å². The number of aryl methyl sites for hydroxylation is 1. The van der Waals surface area contributed by atoms with Gasteiger partial charge in [-0.25, -0.2) is 4.83 Å². The smallest absolute Gasteiger partial charge is 0.321 e. The second-order valence-corrected chi connectivity index (χ2v) is 7.62. The molecule has 1 atom stereocenters. The van der Waals surface area contributed by atoms with E-state index < -0.39 is 21.4 Å². The van der Waals surface area contributed by atoms with Crippen molar-refractivity contribution in [1.82, 2.24) is 4.83 Å². The Morgan fingerprint density at radius 3 is 2.35 bits per heavy atom. The number of carbonyl (C=O) groups excluding carboxylic acids is 1. The van der Waals surface area contributed by atoms with E-state index in [2.05, 4.69) is 9.93 Å². The van der Waals surface area contributed by atoms with Crippen LogP contribution in [0, 0.1) is 6.92 Å². The minimum absolute atomic E-state index is 0.0952. The second-order valence-electron chi connectivity index (χ2n) is 5.95. The summed E-state index contributed by atoms with van der Waals surface area (Å²) >= 11 is 0. The Labute approximate surface area is 153 Å². The first kappa shape index (κ1) is 19.7. The maximum atomic E-state index is 12.4. The number of esters is 1. The second kappa shape index (κ2) is 8.14. The molecule has 0 spiro atoms. The fourth-order valence-corrected chi connectivity index (χ4v) is 3.10. The molecule has 0 amide bonds. The predicted octanol–water partition coefficient (Wildman–Crippen LogP) is 2.78. The molecule has 26 heavy (non-hydrogen) atoms. The third-order valence-corrected chi connectivity index (χ3v) is 5.14. The van der Waals surface area contributed by atoms with Crippen LogP contribution in [0.2, 0.25) is 0 Å². The van der Waals surface area contributed by atoms with Gasteiger partial charge in [-0.05, 0) is 38.5 Å². The van der Waals surface area contributed by atoms with E-state index in [-0.39, 0.29) is 11.5 Å². The molecule has 0 saturated heterocycles. The van der Waals surface area contributed by atoms with Gasteiger partial charge in [0.1, 0.15) is 5.41 Å². The zero-order valence-corrected chi connectivity index (χ0v) is 15.8. The van der Waals surface area contributed by atoms with Gasteiger partial charge < -0.3 is 4.74 Å². The Balaban J connectivity index is 2.28. The van der Waals surface area contributed by atoms with Crippen molar-refractivity contribution >= 4 is 22.2 Å². The number of ether oxygens (including phenoxy) is 1. The number of carbonyl (C=O) groups is 1. The first-order valence-electron chi connectivity index (χ1n) is 8.15. The Hall–Kier alpha value is -2.67. The SMILES string of the molecule is CCOC(=O)C(C)(/C=N/NS(=O)(=O)c1ccc(C)cc1)c1ccccc1. The van der Waals surface area contributed by atoms with Crippen LogP contribution in [-0.2, 0) is 25.0 Å². The molecule has 0 saturated carbocycles. The van der Waals surface area contributed by atoms with E-state index in [0.717, 1.165) is 5.56 Å². The van der Waals surface area contributed by atoms with Crippen LogP contribution < -0.4 is 4.83 Å². The van der Waals surface area contributed by atoms with Crippen molar-refractivity contribution in [3.8, 4) is 0 Å². The van der Waals surface area contributed by atoms with Gasteiger partial charge in [0.2, 0.25) is 0 Å². The third-order valence-electron chi connectivity index (χ3n) is 3.90. The maximum absolute atomic E-state index is 12.4. The van der Waals surface area contributed by atoms with Gasteiger partial charge in [0.15, 0.2) is 0 Å². The number of sulfonamides is 1. The number of hydrogen-bond acceptors (Lipinski definition) is 5. The zero-order valence-electron chi connectivity index (χ0n) is 15.0. The predicted molar refractivity (Wildman–Crippen MR) is 100 cm³/mol. The molecule has 2 aromatic rings. The van der Waals surface area contributed by atoms with E-state index in [4.69, 9.17) is 4.74 Å².